The Hall–Kier alpha value is -2.60. The smallest absolute Gasteiger partial charge is 0.331 e. The molecule has 0 aromatic carbocycles. The third-order valence-electron chi connectivity index (χ3n) is 21.3. The lowest BCUT2D eigenvalue weighted by molar-refractivity contribution is -0.158. The van der Waals surface area contributed by atoms with Gasteiger partial charge in [-0.2, -0.15) is 0 Å². The molecule has 0 amide bonds. The lowest BCUT2D eigenvalue weighted by Gasteiger charge is -2.61. The summed E-state index contributed by atoms with van der Waals surface area (Å²) in [5.41, 5.74) is -0.653. The van der Waals surface area contributed by atoms with Gasteiger partial charge in [-0.3, -0.25) is 9.80 Å². The van der Waals surface area contributed by atoms with E-state index in [0.29, 0.717) is 35.1 Å². The predicted octanol–water partition coefficient (Wildman–Crippen LogP) is 9.16. The molecule has 10 rings (SSSR count). The Morgan fingerprint density at radius 3 is 1.34 bits per heavy atom. The molecule has 10 fully saturated rings. The molecule has 8 saturated carbocycles. The highest BCUT2D eigenvalue weighted by Gasteiger charge is 2.67. The first kappa shape index (κ1) is 43.3. The Morgan fingerprint density at radius 2 is 0.968 bits per heavy atom. The summed E-state index contributed by atoms with van der Waals surface area (Å²) in [5, 5.41) is 28.3. The number of fused-ring (bicyclic) bond motifs is 10. The van der Waals surface area contributed by atoms with Gasteiger partial charge in [0.1, 0.15) is 12.2 Å². The van der Waals surface area contributed by atoms with Crippen molar-refractivity contribution < 1.29 is 38.3 Å². The zero-order valence-corrected chi connectivity index (χ0v) is 37.9. The maximum atomic E-state index is 16.4. The Kier molecular flexibility index (Phi) is 11.2. The lowest BCUT2D eigenvalue weighted by atomic mass is 9.44. The molecule has 344 valence electrons. The summed E-state index contributed by atoms with van der Waals surface area (Å²) in [5.74, 6) is 1.35. The monoisotopic (exact) mass is 865 g/mol. The van der Waals surface area contributed by atoms with Crippen molar-refractivity contribution in [2.75, 3.05) is 26.2 Å². The molecule has 0 aromatic heterocycles. The predicted molar refractivity (Wildman–Crippen MR) is 231 cm³/mol. The first-order valence-corrected chi connectivity index (χ1v) is 25.1. The summed E-state index contributed by atoms with van der Waals surface area (Å²) in [7, 11) is 0. The van der Waals surface area contributed by atoms with E-state index in [2.05, 4.69) is 47.8 Å². The Labute approximate surface area is 368 Å². The number of alkyl halides is 2. The summed E-state index contributed by atoms with van der Waals surface area (Å²) < 4.78 is 45.2. The molecule has 18 atom stereocenters. The highest BCUT2D eigenvalue weighted by atomic mass is 19.1. The fraction of sp³-hybridized carbons (Fsp3) is 0.880. The van der Waals surface area contributed by atoms with Gasteiger partial charge in [-0.25, -0.2) is 18.4 Å². The fourth-order valence-corrected chi connectivity index (χ4v) is 18.1. The van der Waals surface area contributed by atoms with Crippen LogP contribution in [0.1, 0.15) is 143 Å². The van der Waals surface area contributed by atoms with Gasteiger partial charge < -0.3 is 19.9 Å². The third-order valence-corrected chi connectivity index (χ3v) is 21.3. The maximum Gasteiger partial charge on any atom is 0.331 e. The molecule has 12 heteroatoms. The van der Waals surface area contributed by atoms with Crippen LogP contribution in [0.5, 0.6) is 0 Å². The number of hydrogen-bond donors (Lipinski definition) is 2. The minimum Gasteiger partial charge on any atom is -0.459 e. The van der Waals surface area contributed by atoms with Gasteiger partial charge in [0.2, 0.25) is 0 Å². The van der Waals surface area contributed by atoms with Crippen molar-refractivity contribution in [3.8, 4) is 0 Å². The maximum absolute atomic E-state index is 16.4. The number of likely N-dealkylation sites (tertiary alicyclic amines) is 2. The van der Waals surface area contributed by atoms with Gasteiger partial charge in [-0.05, 0) is 189 Å². The third kappa shape index (κ3) is 6.44. The molecule has 10 nitrogen and oxygen atoms in total. The number of hydrogen-bond acceptors (Lipinski definition) is 10. The van der Waals surface area contributed by atoms with E-state index < -0.39 is 35.1 Å². The zero-order chi connectivity index (χ0) is 43.3. The molecule has 2 saturated heterocycles. The van der Waals surface area contributed by atoms with Gasteiger partial charge in [-0.15, -0.1) is 0 Å². The summed E-state index contributed by atoms with van der Waals surface area (Å²) in [6.45, 7) is 12.6. The molecule has 0 spiro atoms. The second kappa shape index (κ2) is 16.1. The minimum atomic E-state index is -1.25. The van der Waals surface area contributed by atoms with E-state index in [0.717, 1.165) is 142 Å². The topological polar surface area (TPSA) is 124 Å². The average molecular weight is 865 g/mol. The van der Waals surface area contributed by atoms with Crippen LogP contribution in [0, 0.1) is 69.0 Å². The number of nitrogens with zero attached hydrogens (tertiary/aromatic N) is 4. The number of ether oxygens (including phenoxy) is 2. The van der Waals surface area contributed by atoms with E-state index in [-0.39, 0.29) is 58.8 Å². The van der Waals surface area contributed by atoms with E-state index in [1.54, 1.807) is 0 Å². The van der Waals surface area contributed by atoms with Crippen LogP contribution in [0.3, 0.4) is 0 Å². The SMILES string of the molecule is C[C@]12/C(=N\O)C(F)C(N3CCCC3)CC1CC[C@@H]1[C@H]2CC[C@]2(C)C(OC(=O)/C=C/C(=O)OC3CC[C@H]4[C@@H]5CCC6CC(N7CCCC7)C(F)/C(=N/O)[C@]6(C)[C@@H]5CC[C@]34C)CC[C@@H]12. The largest absolute Gasteiger partial charge is 0.459 e. The average Bonchev–Trinajstić information content (AvgIpc) is 4.08. The molecule has 2 N–H and O–H groups in total. The normalized spacial score (nSPS) is 51.6. The molecule has 0 aromatic rings. The van der Waals surface area contributed by atoms with E-state index >= 15 is 8.78 Å². The van der Waals surface area contributed by atoms with Crippen LogP contribution in [0.25, 0.3) is 0 Å². The van der Waals surface area contributed by atoms with Crippen molar-refractivity contribution in [3.63, 3.8) is 0 Å². The Balaban J connectivity index is 0.755. The number of oxime groups is 2. The van der Waals surface area contributed by atoms with Crippen LogP contribution in [-0.2, 0) is 19.1 Å². The molecule has 0 bridgehead atoms. The minimum absolute atomic E-state index is 0.200. The molecule has 0 radical (unpaired) electrons. The molecular weight excluding hydrogens is 791 g/mol. The lowest BCUT2D eigenvalue weighted by Crippen LogP contribution is -2.63. The van der Waals surface area contributed by atoms with Gasteiger partial charge in [0.05, 0.1) is 11.4 Å². The van der Waals surface area contributed by atoms with Crippen LogP contribution >= 0.6 is 0 Å². The van der Waals surface area contributed by atoms with Gasteiger partial charge in [0, 0.05) is 45.9 Å². The molecule has 10 aliphatic rings. The van der Waals surface area contributed by atoms with Crippen LogP contribution in [0.15, 0.2) is 22.5 Å². The van der Waals surface area contributed by atoms with Crippen LogP contribution in [0.2, 0.25) is 0 Å². The van der Waals surface area contributed by atoms with Gasteiger partial charge in [0.25, 0.3) is 0 Å². The molecule has 8 aliphatic carbocycles. The number of rotatable bonds is 6. The second-order valence-corrected chi connectivity index (χ2v) is 23.2. The summed E-state index contributed by atoms with van der Waals surface area (Å²) in [6, 6.07) is -0.400. The summed E-state index contributed by atoms with van der Waals surface area (Å²) in [6.07, 6.45) is 16.5. The summed E-state index contributed by atoms with van der Waals surface area (Å²) in [4.78, 5) is 31.5. The molecule has 2 aliphatic heterocycles. The van der Waals surface area contributed by atoms with Crippen LogP contribution in [-0.4, -0.2) is 106 Å². The molecular formula is C50H74F2N4O6. The van der Waals surface area contributed by atoms with Crippen LogP contribution < -0.4 is 0 Å². The van der Waals surface area contributed by atoms with E-state index in [1.165, 1.54) is 12.2 Å². The van der Waals surface area contributed by atoms with Crippen molar-refractivity contribution >= 4 is 23.4 Å². The first-order chi connectivity index (χ1) is 29.8. The van der Waals surface area contributed by atoms with Gasteiger partial charge in [0.15, 0.2) is 12.3 Å². The number of esters is 2. The Bertz CT molecular complexity index is 1710. The van der Waals surface area contributed by atoms with Gasteiger partial charge >= 0.3 is 11.9 Å². The second-order valence-electron chi connectivity index (χ2n) is 23.2. The van der Waals surface area contributed by atoms with E-state index in [4.69, 9.17) is 9.47 Å². The van der Waals surface area contributed by atoms with Crippen molar-refractivity contribution in [2.24, 2.45) is 79.3 Å². The van der Waals surface area contributed by atoms with Gasteiger partial charge in [-0.1, -0.05) is 38.0 Å². The van der Waals surface area contributed by atoms with Crippen molar-refractivity contribution in [3.05, 3.63) is 12.2 Å². The fourth-order valence-electron chi connectivity index (χ4n) is 18.1. The van der Waals surface area contributed by atoms with Crippen molar-refractivity contribution in [2.45, 2.75) is 180 Å². The number of carbonyl (C=O) groups is 2. The Morgan fingerprint density at radius 1 is 0.581 bits per heavy atom. The number of halogens is 2. The van der Waals surface area contributed by atoms with E-state index in [1.807, 2.05) is 0 Å². The van der Waals surface area contributed by atoms with Crippen molar-refractivity contribution in [1.29, 1.82) is 0 Å². The standard InChI is InChI=1S/C50H74F2N4O6/c1-47-21-19-35-31(11-9-29-27-37(55-23-5-6-24-55)43(51)45(53-59)49(29,35)3)33(47)13-15-39(47)61-41(57)17-18-42(58)62-40-16-14-34-32-12-10-30-28-38(56-25-7-8-26-56)44(52)46(54-60)50(30,4)36(32)20-22-48(34,40)2/h17-18,29-40,43-44,59-60H,5-16,19-28H2,1-4H3/b18-17+,53-45-,54-46-/t29?,30?,31-,32-,33-,34-,35+,36+,37?,38?,39?,40?,43?,44?,47-,48-,49-,50-/m0/s1. The van der Waals surface area contributed by atoms with Crippen molar-refractivity contribution in [1.82, 2.24) is 9.80 Å². The van der Waals surface area contributed by atoms with E-state index in [9.17, 15) is 20.0 Å². The molecule has 2 heterocycles. The number of carbonyl (C=O) groups excluding carboxylic acids is 2. The molecule has 8 unspecified atom stereocenters. The molecule has 62 heavy (non-hydrogen) atoms. The zero-order valence-electron chi connectivity index (χ0n) is 37.9. The highest BCUT2D eigenvalue weighted by molar-refractivity contribution is 5.96. The van der Waals surface area contributed by atoms with Crippen LogP contribution in [0.4, 0.5) is 8.78 Å². The highest BCUT2D eigenvalue weighted by Crippen LogP contribution is 2.68. The quantitative estimate of drug-likeness (QED) is 0.117. The summed E-state index contributed by atoms with van der Waals surface area (Å²) >= 11 is 0. The first-order valence-electron chi connectivity index (χ1n) is 25.1.